The second-order valence-corrected chi connectivity index (χ2v) is 5.60. The van der Waals surface area contributed by atoms with Gasteiger partial charge in [0.25, 0.3) is 0 Å². The molecule has 2 rings (SSSR count). The molecular weight excluding hydrogens is 272 g/mol. The molecule has 5 nitrogen and oxygen atoms in total. The molecule has 0 aromatic carbocycles. The molecule has 2 heterocycles. The molecule has 0 aliphatic heterocycles. The van der Waals surface area contributed by atoms with Crippen LogP contribution >= 0.6 is 11.3 Å². The van der Waals surface area contributed by atoms with Crippen molar-refractivity contribution in [3.05, 3.63) is 11.4 Å². The minimum absolute atomic E-state index is 0.336. The van der Waals surface area contributed by atoms with Crippen LogP contribution in [0, 0.1) is 0 Å². The average molecular weight is 294 g/mol. The number of nitrogens with two attached hydrogens (primary N) is 1. The number of rotatable bonds is 7. The summed E-state index contributed by atoms with van der Waals surface area (Å²) in [6, 6.07) is 2.50. The summed E-state index contributed by atoms with van der Waals surface area (Å²) in [6.07, 6.45) is 2.13. The fourth-order valence-corrected chi connectivity index (χ4v) is 3.22. The summed E-state index contributed by atoms with van der Waals surface area (Å²) >= 11 is 1.59. The zero-order valence-corrected chi connectivity index (χ0v) is 13.1. The third-order valence-corrected chi connectivity index (χ3v) is 4.32. The van der Waals surface area contributed by atoms with Gasteiger partial charge in [-0.05, 0) is 24.3 Å². The molecule has 0 saturated carbocycles. The van der Waals surface area contributed by atoms with Crippen LogP contribution in [0.3, 0.4) is 0 Å². The molecule has 2 aromatic heterocycles. The molecule has 6 heteroatoms. The molecule has 0 atom stereocenters. The zero-order valence-electron chi connectivity index (χ0n) is 12.3. The van der Waals surface area contributed by atoms with Crippen molar-refractivity contribution in [2.45, 2.75) is 32.7 Å². The first kappa shape index (κ1) is 15.0. The van der Waals surface area contributed by atoms with Gasteiger partial charge in [-0.15, -0.1) is 11.3 Å². The third-order valence-electron chi connectivity index (χ3n) is 3.51. The number of thiophene rings is 1. The normalized spacial score (nSPS) is 11.4. The van der Waals surface area contributed by atoms with E-state index in [1.54, 1.807) is 18.4 Å². The Morgan fingerprint density at radius 2 is 2.10 bits per heavy atom. The van der Waals surface area contributed by atoms with Gasteiger partial charge in [-0.3, -0.25) is 0 Å². The number of aromatic nitrogens is 2. The van der Waals surface area contributed by atoms with Gasteiger partial charge >= 0.3 is 0 Å². The van der Waals surface area contributed by atoms with Crippen LogP contribution in [0.5, 0.6) is 0 Å². The van der Waals surface area contributed by atoms with Crippen molar-refractivity contribution in [3.8, 4) is 0 Å². The highest BCUT2D eigenvalue weighted by Gasteiger charge is 2.20. The molecule has 0 bridgehead atoms. The van der Waals surface area contributed by atoms with Crippen molar-refractivity contribution in [2.75, 3.05) is 30.9 Å². The molecular formula is C14H22N4OS. The molecule has 20 heavy (non-hydrogen) atoms. The van der Waals surface area contributed by atoms with Crippen LogP contribution in [0.2, 0.25) is 0 Å². The van der Waals surface area contributed by atoms with E-state index in [4.69, 9.17) is 10.5 Å². The maximum absolute atomic E-state index is 5.86. The highest BCUT2D eigenvalue weighted by Crippen LogP contribution is 2.30. The van der Waals surface area contributed by atoms with E-state index in [0.29, 0.717) is 18.6 Å². The fraction of sp³-hybridized carbons (Fsp3) is 0.571. The van der Waals surface area contributed by atoms with Crippen LogP contribution in [-0.2, 0) is 4.74 Å². The van der Waals surface area contributed by atoms with Gasteiger partial charge in [0, 0.05) is 19.7 Å². The van der Waals surface area contributed by atoms with Gasteiger partial charge in [0.15, 0.2) is 0 Å². The van der Waals surface area contributed by atoms with Gasteiger partial charge in [0.05, 0.1) is 12.0 Å². The van der Waals surface area contributed by atoms with Gasteiger partial charge in [0.2, 0.25) is 5.95 Å². The van der Waals surface area contributed by atoms with Gasteiger partial charge in [-0.2, -0.15) is 4.98 Å². The smallest absolute Gasteiger partial charge is 0.223 e. The van der Waals surface area contributed by atoms with Crippen molar-refractivity contribution in [1.29, 1.82) is 0 Å². The monoisotopic (exact) mass is 294 g/mol. The van der Waals surface area contributed by atoms with Crippen molar-refractivity contribution in [1.82, 2.24) is 9.97 Å². The molecule has 0 saturated heterocycles. The number of hydrogen-bond acceptors (Lipinski definition) is 6. The number of anilines is 2. The Balaban J connectivity index is 2.46. The molecule has 0 fully saturated rings. The standard InChI is InChI=1S/C14H22N4OS/c1-4-10(5-2)18(7-8-19-3)12-11-6-9-20-13(11)17-14(15)16-12/h6,9-10H,4-5,7-8H2,1-3H3,(H2,15,16,17). The molecule has 0 unspecified atom stereocenters. The van der Waals surface area contributed by atoms with E-state index < -0.39 is 0 Å². The molecule has 2 aromatic rings. The number of nitrogen functional groups attached to an aromatic ring is 1. The summed E-state index contributed by atoms with van der Waals surface area (Å²) < 4.78 is 5.24. The number of hydrogen-bond donors (Lipinski definition) is 1. The summed E-state index contributed by atoms with van der Waals surface area (Å²) in [6.45, 7) is 5.88. The summed E-state index contributed by atoms with van der Waals surface area (Å²) in [4.78, 5) is 12.0. The van der Waals surface area contributed by atoms with Gasteiger partial charge in [0.1, 0.15) is 10.6 Å². The van der Waals surface area contributed by atoms with E-state index in [9.17, 15) is 0 Å². The summed E-state index contributed by atoms with van der Waals surface area (Å²) in [7, 11) is 1.72. The molecule has 110 valence electrons. The predicted molar refractivity (Wildman–Crippen MR) is 85.4 cm³/mol. The molecule has 0 aliphatic rings. The number of fused-ring (bicyclic) bond motifs is 1. The Labute approximate surface area is 123 Å². The van der Waals surface area contributed by atoms with E-state index in [1.807, 2.05) is 5.38 Å². The Kier molecular flexibility index (Phi) is 5.14. The maximum atomic E-state index is 5.86. The summed E-state index contributed by atoms with van der Waals surface area (Å²) in [5.74, 6) is 1.27. The topological polar surface area (TPSA) is 64.3 Å². The lowest BCUT2D eigenvalue weighted by Gasteiger charge is -2.32. The molecule has 2 N–H and O–H groups in total. The zero-order chi connectivity index (χ0) is 14.5. The second kappa shape index (κ2) is 6.85. The van der Waals surface area contributed by atoms with Gasteiger partial charge in [-0.1, -0.05) is 13.8 Å². The van der Waals surface area contributed by atoms with E-state index in [-0.39, 0.29) is 0 Å². The van der Waals surface area contributed by atoms with Gasteiger partial charge < -0.3 is 15.4 Å². The van der Waals surface area contributed by atoms with Crippen molar-refractivity contribution in [2.24, 2.45) is 0 Å². The highest BCUT2D eigenvalue weighted by atomic mass is 32.1. The average Bonchev–Trinajstić information content (AvgIpc) is 2.90. The summed E-state index contributed by atoms with van der Waals surface area (Å²) in [5, 5.41) is 3.11. The van der Waals surface area contributed by atoms with Crippen LogP contribution in [0.25, 0.3) is 10.2 Å². The van der Waals surface area contributed by atoms with E-state index in [0.717, 1.165) is 35.4 Å². The van der Waals surface area contributed by atoms with Gasteiger partial charge in [-0.25, -0.2) is 4.98 Å². The molecule has 0 aliphatic carbocycles. The first-order chi connectivity index (χ1) is 9.71. The Morgan fingerprint density at radius 3 is 2.75 bits per heavy atom. The van der Waals surface area contributed by atoms with Crippen LogP contribution < -0.4 is 10.6 Å². The quantitative estimate of drug-likeness (QED) is 0.850. The lowest BCUT2D eigenvalue weighted by Crippen LogP contribution is -2.38. The van der Waals surface area contributed by atoms with Crippen LogP contribution in [0.4, 0.5) is 11.8 Å². The second-order valence-electron chi connectivity index (χ2n) is 4.70. The first-order valence-electron chi connectivity index (χ1n) is 6.97. The first-order valence-corrected chi connectivity index (χ1v) is 7.85. The lowest BCUT2D eigenvalue weighted by molar-refractivity contribution is 0.202. The van der Waals surface area contributed by atoms with Crippen molar-refractivity contribution < 1.29 is 4.74 Å². The van der Waals surface area contributed by atoms with E-state index >= 15 is 0 Å². The van der Waals surface area contributed by atoms with Crippen molar-refractivity contribution >= 4 is 33.3 Å². The number of nitrogens with zero attached hydrogens (tertiary/aromatic N) is 3. The predicted octanol–water partition coefficient (Wildman–Crippen LogP) is 2.91. The molecule has 0 amide bonds. The van der Waals surface area contributed by atoms with E-state index in [2.05, 4.69) is 34.8 Å². The largest absolute Gasteiger partial charge is 0.383 e. The SMILES string of the molecule is CCC(CC)N(CCOC)c1nc(N)nc2sccc12. The summed E-state index contributed by atoms with van der Waals surface area (Å²) in [5.41, 5.74) is 5.86. The third kappa shape index (κ3) is 3.02. The fourth-order valence-electron chi connectivity index (χ4n) is 2.46. The van der Waals surface area contributed by atoms with E-state index in [1.165, 1.54) is 0 Å². The van der Waals surface area contributed by atoms with Crippen LogP contribution in [0.1, 0.15) is 26.7 Å². The van der Waals surface area contributed by atoms with Crippen molar-refractivity contribution in [3.63, 3.8) is 0 Å². The number of methoxy groups -OCH3 is 1. The Bertz CT molecular complexity index is 553. The Hall–Kier alpha value is -1.40. The Morgan fingerprint density at radius 1 is 1.35 bits per heavy atom. The minimum atomic E-state index is 0.336. The lowest BCUT2D eigenvalue weighted by atomic mass is 10.1. The highest BCUT2D eigenvalue weighted by molar-refractivity contribution is 7.16. The molecule has 0 spiro atoms. The minimum Gasteiger partial charge on any atom is -0.383 e. The number of ether oxygens (including phenoxy) is 1. The van der Waals surface area contributed by atoms with Crippen LogP contribution in [-0.4, -0.2) is 36.3 Å². The molecule has 0 radical (unpaired) electrons. The van der Waals surface area contributed by atoms with Crippen LogP contribution in [0.15, 0.2) is 11.4 Å². The maximum Gasteiger partial charge on any atom is 0.223 e.